The Balaban J connectivity index is -0.000000376. The molecule has 100 valence electrons. The van der Waals surface area contributed by atoms with Crippen LogP contribution in [0.4, 0.5) is 0 Å². The Morgan fingerprint density at radius 2 is 1.44 bits per heavy atom. The summed E-state index contributed by atoms with van der Waals surface area (Å²) in [4.78, 5) is 0. The minimum Gasteiger partial charge on any atom is -0.103 e. The maximum atomic E-state index is 3.88. The van der Waals surface area contributed by atoms with Gasteiger partial charge in [-0.05, 0) is 24.7 Å². The van der Waals surface area contributed by atoms with Crippen LogP contribution < -0.4 is 0 Å². The molecule has 0 aliphatic carbocycles. The zero-order valence-corrected chi connectivity index (χ0v) is 13.0. The predicted molar refractivity (Wildman–Crippen MR) is 80.0 cm³/mol. The van der Waals surface area contributed by atoms with Crippen molar-refractivity contribution in [2.75, 3.05) is 0 Å². The van der Waals surface area contributed by atoms with Gasteiger partial charge in [-0.25, -0.2) is 0 Å². The molecule has 0 rings (SSSR count). The lowest BCUT2D eigenvalue weighted by atomic mass is 9.88. The van der Waals surface area contributed by atoms with Gasteiger partial charge in [0, 0.05) is 0 Å². The van der Waals surface area contributed by atoms with Gasteiger partial charge in [0.1, 0.15) is 0 Å². The highest BCUT2D eigenvalue weighted by atomic mass is 14.2. The normalized spacial score (nSPS) is 12.4. The van der Waals surface area contributed by atoms with Crippen LogP contribution >= 0.6 is 0 Å². The van der Waals surface area contributed by atoms with Crippen LogP contribution in [0.15, 0.2) is 12.7 Å². The molecular weight excluding hydrogens is 192 g/mol. The molecule has 0 aromatic heterocycles. The fraction of sp³-hybridized carbons (Fsp3) is 0.875. The molecular formula is C16H36. The third-order valence-electron chi connectivity index (χ3n) is 2.77. The average Bonchev–Trinajstić information content (AvgIpc) is 2.39. The molecule has 0 heteroatoms. The third kappa shape index (κ3) is 13.7. The first-order chi connectivity index (χ1) is 7.78. The van der Waals surface area contributed by atoms with E-state index in [0.29, 0.717) is 0 Å². The molecule has 0 saturated carbocycles. The van der Waals surface area contributed by atoms with Gasteiger partial charge in [0.2, 0.25) is 0 Å². The van der Waals surface area contributed by atoms with Gasteiger partial charge in [-0.1, -0.05) is 73.8 Å². The van der Waals surface area contributed by atoms with Crippen molar-refractivity contribution in [1.29, 1.82) is 0 Å². The Kier molecular flexibility index (Phi) is 26.6. The molecule has 16 heavy (non-hydrogen) atoms. The maximum absolute atomic E-state index is 3.88. The molecule has 0 saturated heterocycles. The lowest BCUT2D eigenvalue weighted by molar-refractivity contribution is 0.373. The van der Waals surface area contributed by atoms with Gasteiger partial charge in [0.05, 0.1) is 0 Å². The van der Waals surface area contributed by atoms with Crippen LogP contribution in [-0.4, -0.2) is 0 Å². The van der Waals surface area contributed by atoms with E-state index < -0.39 is 0 Å². The highest BCUT2D eigenvalue weighted by Crippen LogP contribution is 2.22. The Labute approximate surface area is 106 Å². The van der Waals surface area contributed by atoms with Crippen LogP contribution in [0.1, 0.15) is 80.6 Å². The standard InChI is InChI=1S/C12H24.2C2H6/c1-5-9-12(8-4)10-11(6-2)7-3;2*1-2/h6,11-12H,2,5,7-10H2,1,3-4H3;2*1-2H3. The summed E-state index contributed by atoms with van der Waals surface area (Å²) in [5.74, 6) is 1.68. The van der Waals surface area contributed by atoms with Crippen LogP contribution in [0, 0.1) is 11.8 Å². The summed E-state index contributed by atoms with van der Waals surface area (Å²) in [5.41, 5.74) is 0. The molecule has 0 aliphatic rings. The molecule has 2 atom stereocenters. The van der Waals surface area contributed by atoms with Gasteiger partial charge >= 0.3 is 0 Å². The Hall–Kier alpha value is -0.260. The topological polar surface area (TPSA) is 0 Å². The zero-order valence-electron chi connectivity index (χ0n) is 13.0. The summed E-state index contributed by atoms with van der Waals surface area (Å²) in [6.45, 7) is 18.7. The van der Waals surface area contributed by atoms with Gasteiger partial charge in [-0.3, -0.25) is 0 Å². The van der Waals surface area contributed by atoms with Gasteiger partial charge in [0.15, 0.2) is 0 Å². The maximum Gasteiger partial charge on any atom is -0.0236 e. The van der Waals surface area contributed by atoms with Crippen molar-refractivity contribution in [1.82, 2.24) is 0 Å². The minimum absolute atomic E-state index is 0.751. The van der Waals surface area contributed by atoms with E-state index in [4.69, 9.17) is 0 Å². The molecule has 0 aromatic carbocycles. The van der Waals surface area contributed by atoms with Crippen LogP contribution in [0.25, 0.3) is 0 Å². The summed E-state index contributed by atoms with van der Waals surface area (Å²) < 4.78 is 0. The smallest absolute Gasteiger partial charge is 0.0236 e. The summed E-state index contributed by atoms with van der Waals surface area (Å²) in [6.07, 6.45) is 8.78. The molecule has 0 aliphatic heterocycles. The van der Waals surface area contributed by atoms with Crippen molar-refractivity contribution in [2.45, 2.75) is 80.6 Å². The Morgan fingerprint density at radius 3 is 1.69 bits per heavy atom. The molecule has 0 bridgehead atoms. The lowest BCUT2D eigenvalue weighted by Gasteiger charge is -2.18. The summed E-state index contributed by atoms with van der Waals surface area (Å²) in [7, 11) is 0. The van der Waals surface area contributed by atoms with E-state index in [1.807, 2.05) is 27.7 Å². The van der Waals surface area contributed by atoms with E-state index in [9.17, 15) is 0 Å². The summed E-state index contributed by atoms with van der Waals surface area (Å²) in [6, 6.07) is 0. The Morgan fingerprint density at radius 1 is 0.938 bits per heavy atom. The molecule has 0 heterocycles. The molecule has 0 radical (unpaired) electrons. The van der Waals surface area contributed by atoms with Crippen molar-refractivity contribution in [3.63, 3.8) is 0 Å². The van der Waals surface area contributed by atoms with E-state index in [1.165, 1.54) is 32.1 Å². The molecule has 0 fully saturated rings. The molecule has 0 nitrogen and oxygen atoms in total. The molecule has 2 unspecified atom stereocenters. The van der Waals surface area contributed by atoms with Crippen molar-refractivity contribution in [3.05, 3.63) is 12.7 Å². The monoisotopic (exact) mass is 228 g/mol. The zero-order chi connectivity index (χ0) is 13.4. The summed E-state index contributed by atoms with van der Waals surface area (Å²) in [5, 5.41) is 0. The van der Waals surface area contributed by atoms with E-state index in [0.717, 1.165) is 11.8 Å². The Bertz CT molecular complexity index is 105. The van der Waals surface area contributed by atoms with E-state index >= 15 is 0 Å². The van der Waals surface area contributed by atoms with Crippen LogP contribution in [-0.2, 0) is 0 Å². The fourth-order valence-corrected chi connectivity index (χ4v) is 1.75. The van der Waals surface area contributed by atoms with Crippen molar-refractivity contribution < 1.29 is 0 Å². The van der Waals surface area contributed by atoms with Crippen LogP contribution in [0.3, 0.4) is 0 Å². The highest BCUT2D eigenvalue weighted by Gasteiger charge is 2.09. The van der Waals surface area contributed by atoms with E-state index in [2.05, 4.69) is 33.4 Å². The van der Waals surface area contributed by atoms with Crippen molar-refractivity contribution >= 4 is 0 Å². The highest BCUT2D eigenvalue weighted by molar-refractivity contribution is 4.79. The average molecular weight is 228 g/mol. The number of hydrogen-bond acceptors (Lipinski definition) is 0. The van der Waals surface area contributed by atoms with Crippen molar-refractivity contribution in [3.8, 4) is 0 Å². The van der Waals surface area contributed by atoms with Gasteiger partial charge in [0.25, 0.3) is 0 Å². The quantitative estimate of drug-likeness (QED) is 0.438. The minimum atomic E-state index is 0.751. The molecule has 0 spiro atoms. The SMILES string of the molecule is C=CC(CC)CC(CC)CCC.CC.CC. The molecule has 0 N–H and O–H groups in total. The first-order valence-electron chi connectivity index (χ1n) is 7.40. The molecule has 0 aromatic rings. The van der Waals surface area contributed by atoms with Crippen molar-refractivity contribution in [2.24, 2.45) is 11.8 Å². The van der Waals surface area contributed by atoms with Crippen LogP contribution in [0.5, 0.6) is 0 Å². The lowest BCUT2D eigenvalue weighted by Crippen LogP contribution is -2.05. The number of rotatable bonds is 7. The predicted octanol–water partition coefficient (Wildman–Crippen LogP) is 6.47. The summed E-state index contributed by atoms with van der Waals surface area (Å²) >= 11 is 0. The number of allylic oxidation sites excluding steroid dienone is 1. The fourth-order valence-electron chi connectivity index (χ4n) is 1.75. The van der Waals surface area contributed by atoms with Crippen LogP contribution in [0.2, 0.25) is 0 Å². The van der Waals surface area contributed by atoms with Gasteiger partial charge in [-0.15, -0.1) is 6.58 Å². The van der Waals surface area contributed by atoms with Gasteiger partial charge in [-0.2, -0.15) is 0 Å². The van der Waals surface area contributed by atoms with E-state index in [-0.39, 0.29) is 0 Å². The second-order valence-electron chi connectivity index (χ2n) is 3.70. The van der Waals surface area contributed by atoms with E-state index in [1.54, 1.807) is 0 Å². The first-order valence-corrected chi connectivity index (χ1v) is 7.40. The first kappa shape index (κ1) is 21.1. The molecule has 0 amide bonds. The second-order valence-corrected chi connectivity index (χ2v) is 3.70. The second kappa shape index (κ2) is 20.2. The third-order valence-corrected chi connectivity index (χ3v) is 2.77. The number of hydrogen-bond donors (Lipinski definition) is 0. The largest absolute Gasteiger partial charge is 0.103 e. The van der Waals surface area contributed by atoms with Gasteiger partial charge < -0.3 is 0 Å².